The molecule has 1 amide bonds. The summed E-state index contributed by atoms with van der Waals surface area (Å²) in [5, 5.41) is 0. The van der Waals surface area contributed by atoms with Gasteiger partial charge in [0.15, 0.2) is 12.4 Å². The summed E-state index contributed by atoms with van der Waals surface area (Å²) in [5.41, 5.74) is 4.64. The molecule has 1 atom stereocenters. The van der Waals surface area contributed by atoms with Crippen molar-refractivity contribution in [1.82, 2.24) is 0 Å². The maximum atomic E-state index is 10.1. The molecule has 0 aromatic heterocycles. The van der Waals surface area contributed by atoms with Crippen LogP contribution in [0.25, 0.3) is 0 Å². The number of amides is 1. The van der Waals surface area contributed by atoms with Crippen molar-refractivity contribution in [3.8, 4) is 0 Å². The molecule has 10 heavy (non-hydrogen) atoms. The number of hydrogen-bond acceptors (Lipinski definition) is 3. The molecule has 0 aromatic carbocycles. The highest BCUT2D eigenvalue weighted by Gasteiger charge is 2.07. The van der Waals surface area contributed by atoms with Crippen molar-refractivity contribution in [2.75, 3.05) is 0 Å². The van der Waals surface area contributed by atoms with E-state index in [1.54, 1.807) is 0 Å². The second kappa shape index (κ2) is 4.55. The number of hydrogen-bond donors (Lipinski definition) is 1. The van der Waals surface area contributed by atoms with Crippen LogP contribution in [0, 0.1) is 0 Å². The van der Waals surface area contributed by atoms with Crippen LogP contribution in [0.15, 0.2) is 12.7 Å². The molecule has 0 heterocycles. The minimum atomic E-state index is -0.945. The second-order valence-corrected chi connectivity index (χ2v) is 1.64. The second-order valence-electron chi connectivity index (χ2n) is 1.64. The van der Waals surface area contributed by atoms with Gasteiger partial charge in [-0.2, -0.15) is 0 Å². The smallest absolute Gasteiger partial charge is 0.405 e. The highest BCUT2D eigenvalue weighted by atomic mass is 16.6. The van der Waals surface area contributed by atoms with Gasteiger partial charge in [-0.1, -0.05) is 6.08 Å². The number of carbonyl (C=O) groups excluding carboxylic acids is 2. The van der Waals surface area contributed by atoms with Gasteiger partial charge in [-0.25, -0.2) is 4.79 Å². The van der Waals surface area contributed by atoms with Crippen LogP contribution >= 0.6 is 0 Å². The summed E-state index contributed by atoms with van der Waals surface area (Å²) in [4.78, 5) is 20.1. The Morgan fingerprint density at radius 3 is 2.70 bits per heavy atom. The average molecular weight is 143 g/mol. The van der Waals surface area contributed by atoms with E-state index >= 15 is 0 Å². The normalized spacial score (nSPS) is 11.6. The third-order valence-electron chi connectivity index (χ3n) is 0.818. The maximum absolute atomic E-state index is 10.1. The number of nitrogens with two attached hydrogens (primary N) is 1. The zero-order valence-electron chi connectivity index (χ0n) is 5.45. The lowest BCUT2D eigenvalue weighted by Crippen LogP contribution is -2.23. The highest BCUT2D eigenvalue weighted by Crippen LogP contribution is 1.94. The Hall–Kier alpha value is -1.32. The van der Waals surface area contributed by atoms with Gasteiger partial charge in [-0.3, -0.25) is 4.79 Å². The van der Waals surface area contributed by atoms with Gasteiger partial charge in [0, 0.05) is 6.42 Å². The Labute approximate surface area is 58.7 Å². The van der Waals surface area contributed by atoms with Gasteiger partial charge in [0.1, 0.15) is 0 Å². The minimum absolute atomic E-state index is 0.298. The van der Waals surface area contributed by atoms with Crippen LogP contribution in [0.4, 0.5) is 4.79 Å². The van der Waals surface area contributed by atoms with Crippen molar-refractivity contribution in [3.05, 3.63) is 12.7 Å². The fraction of sp³-hybridized carbons (Fsp3) is 0.333. The van der Waals surface area contributed by atoms with E-state index in [-0.39, 0.29) is 0 Å². The van der Waals surface area contributed by atoms with Crippen LogP contribution < -0.4 is 5.73 Å². The zero-order chi connectivity index (χ0) is 7.98. The third kappa shape index (κ3) is 3.65. The Morgan fingerprint density at radius 1 is 1.80 bits per heavy atom. The Morgan fingerprint density at radius 2 is 2.40 bits per heavy atom. The molecule has 0 spiro atoms. The van der Waals surface area contributed by atoms with Crippen molar-refractivity contribution >= 4 is 12.4 Å². The summed E-state index contributed by atoms with van der Waals surface area (Å²) < 4.78 is 4.34. The van der Waals surface area contributed by atoms with Crippen molar-refractivity contribution in [3.63, 3.8) is 0 Å². The molecule has 0 aromatic rings. The molecule has 56 valence electrons. The van der Waals surface area contributed by atoms with Crippen molar-refractivity contribution in [2.24, 2.45) is 5.73 Å². The van der Waals surface area contributed by atoms with E-state index in [1.165, 1.54) is 6.08 Å². The summed E-state index contributed by atoms with van der Waals surface area (Å²) >= 11 is 0. The molecule has 4 nitrogen and oxygen atoms in total. The van der Waals surface area contributed by atoms with Gasteiger partial charge in [-0.15, -0.1) is 6.58 Å². The number of aldehydes is 1. The van der Waals surface area contributed by atoms with E-state index in [0.29, 0.717) is 12.7 Å². The summed E-state index contributed by atoms with van der Waals surface area (Å²) in [6.07, 6.45) is 0.551. The molecule has 0 bridgehead atoms. The van der Waals surface area contributed by atoms with Gasteiger partial charge >= 0.3 is 6.09 Å². The first kappa shape index (κ1) is 8.68. The van der Waals surface area contributed by atoms with E-state index in [2.05, 4.69) is 17.0 Å². The van der Waals surface area contributed by atoms with Crippen LogP contribution in [0.5, 0.6) is 0 Å². The number of rotatable bonds is 4. The molecule has 0 aliphatic carbocycles. The molecule has 0 fully saturated rings. The SMILES string of the molecule is C=CCC(C=O)OC(N)=O. The van der Waals surface area contributed by atoms with E-state index < -0.39 is 12.2 Å². The topological polar surface area (TPSA) is 69.4 Å². The quantitative estimate of drug-likeness (QED) is 0.452. The van der Waals surface area contributed by atoms with Crippen LogP contribution in [0.1, 0.15) is 6.42 Å². The molecule has 0 aliphatic rings. The molecular weight excluding hydrogens is 134 g/mol. The summed E-state index contributed by atoms with van der Waals surface area (Å²) in [6.45, 7) is 3.36. The fourth-order valence-electron chi connectivity index (χ4n) is 0.445. The summed E-state index contributed by atoms with van der Waals surface area (Å²) in [7, 11) is 0. The lowest BCUT2D eigenvalue weighted by molar-refractivity contribution is -0.114. The van der Waals surface area contributed by atoms with Gasteiger partial charge in [0.25, 0.3) is 0 Å². The van der Waals surface area contributed by atoms with Crippen molar-refractivity contribution in [2.45, 2.75) is 12.5 Å². The standard InChI is InChI=1S/C6H9NO3/c1-2-3-5(4-8)10-6(7)9/h2,4-5H,1,3H2,(H2,7,9). The predicted octanol–water partition coefficient (Wildman–Crippen LogP) is 0.225. The number of primary amides is 1. The van der Waals surface area contributed by atoms with E-state index in [9.17, 15) is 9.59 Å². The first-order valence-electron chi connectivity index (χ1n) is 2.73. The number of ether oxygens (including phenoxy) is 1. The molecule has 1 unspecified atom stereocenters. The number of carbonyl (C=O) groups is 2. The van der Waals surface area contributed by atoms with Gasteiger partial charge in [0.05, 0.1) is 0 Å². The van der Waals surface area contributed by atoms with Crippen LogP contribution in [0.3, 0.4) is 0 Å². The molecule has 0 saturated carbocycles. The van der Waals surface area contributed by atoms with Crippen molar-refractivity contribution < 1.29 is 14.3 Å². The zero-order valence-corrected chi connectivity index (χ0v) is 5.45. The van der Waals surface area contributed by atoms with E-state index in [1.807, 2.05) is 0 Å². The molecule has 0 rings (SSSR count). The molecule has 0 saturated heterocycles. The average Bonchev–Trinajstić information content (AvgIpc) is 1.86. The lowest BCUT2D eigenvalue weighted by Gasteiger charge is -2.05. The molecule has 2 N–H and O–H groups in total. The monoisotopic (exact) mass is 143 g/mol. The van der Waals surface area contributed by atoms with E-state index in [0.717, 1.165) is 0 Å². The predicted molar refractivity (Wildman–Crippen MR) is 35.3 cm³/mol. The maximum Gasteiger partial charge on any atom is 0.405 e. The third-order valence-corrected chi connectivity index (χ3v) is 0.818. The van der Waals surface area contributed by atoms with Crippen LogP contribution in [-0.4, -0.2) is 18.5 Å². The molecule has 0 radical (unpaired) electrons. The van der Waals surface area contributed by atoms with Crippen LogP contribution in [-0.2, 0) is 9.53 Å². The minimum Gasteiger partial charge on any atom is -0.438 e. The molecule has 0 aliphatic heterocycles. The highest BCUT2D eigenvalue weighted by molar-refractivity contribution is 5.69. The van der Waals surface area contributed by atoms with Crippen molar-refractivity contribution in [1.29, 1.82) is 0 Å². The first-order chi connectivity index (χ1) is 4.70. The Kier molecular flexibility index (Phi) is 3.95. The fourth-order valence-corrected chi connectivity index (χ4v) is 0.445. The molecular formula is C6H9NO3. The Balaban J connectivity index is 3.70. The van der Waals surface area contributed by atoms with Crippen LogP contribution in [0.2, 0.25) is 0 Å². The van der Waals surface area contributed by atoms with Gasteiger partial charge < -0.3 is 10.5 Å². The largest absolute Gasteiger partial charge is 0.438 e. The first-order valence-corrected chi connectivity index (χ1v) is 2.73. The Bertz CT molecular complexity index is 144. The lowest BCUT2D eigenvalue weighted by atomic mass is 10.3. The van der Waals surface area contributed by atoms with Gasteiger partial charge in [-0.05, 0) is 0 Å². The summed E-state index contributed by atoms with van der Waals surface area (Å²) in [5.74, 6) is 0. The van der Waals surface area contributed by atoms with E-state index in [4.69, 9.17) is 0 Å². The van der Waals surface area contributed by atoms with Gasteiger partial charge in [0.2, 0.25) is 0 Å². The molecule has 4 heteroatoms. The summed E-state index contributed by atoms with van der Waals surface area (Å²) in [6, 6.07) is 0.